The van der Waals surface area contributed by atoms with Crippen LogP contribution in [0, 0.1) is 0 Å². The van der Waals surface area contributed by atoms with Crippen molar-refractivity contribution in [1.29, 1.82) is 0 Å². The second-order valence-corrected chi connectivity index (χ2v) is 1.33. The second-order valence-electron chi connectivity index (χ2n) is 1.33. The summed E-state index contributed by atoms with van der Waals surface area (Å²) in [5.74, 6) is -0.637. The molecule has 0 aliphatic heterocycles. The number of rotatable bonds is 2. The summed E-state index contributed by atoms with van der Waals surface area (Å²) in [4.78, 5) is 20.2. The maximum atomic E-state index is 10.2. The predicted octanol–water partition coefficient (Wildman–Crippen LogP) is 0.552. The normalized spacial score (nSPS) is 7.25. The summed E-state index contributed by atoms with van der Waals surface area (Å²) in [5, 5.41) is 0. The molecule has 0 N–H and O–H groups in total. The molecule has 0 atom stereocenters. The largest absolute Gasteiger partial charge is 2.00 e. The summed E-state index contributed by atoms with van der Waals surface area (Å²) in [6, 6.07) is 0. The van der Waals surface area contributed by atoms with Crippen LogP contribution in [0.2, 0.25) is 0 Å². The fourth-order valence-electron chi connectivity index (χ4n) is 0.249. The van der Waals surface area contributed by atoms with Gasteiger partial charge in [-0.25, -0.2) is 0 Å². The van der Waals surface area contributed by atoms with E-state index in [4.69, 9.17) is 0 Å². The molecule has 0 saturated carbocycles. The van der Waals surface area contributed by atoms with Crippen molar-refractivity contribution < 1.29 is 26.1 Å². The van der Waals surface area contributed by atoms with E-state index in [1.165, 1.54) is 6.92 Å². The summed E-state index contributed by atoms with van der Waals surface area (Å²) in [6.07, 6.45) is 0.329. The molecule has 0 aromatic heterocycles. The molecule has 0 heterocycles. The number of ketones is 2. The molecule has 0 aliphatic carbocycles. The molecule has 0 spiro atoms. The summed E-state index contributed by atoms with van der Waals surface area (Å²) in [7, 11) is 0. The van der Waals surface area contributed by atoms with Crippen molar-refractivity contribution in [1.82, 2.24) is 0 Å². The first-order valence-corrected chi connectivity index (χ1v) is 2.22. The topological polar surface area (TPSA) is 34.1 Å². The first-order valence-electron chi connectivity index (χ1n) is 2.22. The third-order valence-electron chi connectivity index (χ3n) is 0.714. The molecule has 0 aromatic carbocycles. The quantitative estimate of drug-likeness (QED) is 0.435. The Bertz CT molecular complexity index is 98.6. The average Bonchev–Trinajstić information content (AvgIpc) is 1.65. The molecule has 0 bridgehead atoms. The molecule has 8 heavy (non-hydrogen) atoms. The molecule has 3 heteroatoms. The summed E-state index contributed by atoms with van der Waals surface area (Å²) < 4.78 is 0. The Labute approximate surface area is 58.6 Å². The van der Waals surface area contributed by atoms with Crippen molar-refractivity contribution in [3.05, 3.63) is 0 Å². The van der Waals surface area contributed by atoms with E-state index in [9.17, 15) is 9.59 Å². The Morgan fingerprint density at radius 3 is 1.75 bits per heavy atom. The smallest absolute Gasteiger partial charge is 0.291 e. The Hall–Kier alpha value is -0.166. The SMILES string of the molecule is CCC(=O)C(C)=O.[Ni+2]. The van der Waals surface area contributed by atoms with Crippen LogP contribution in [-0.2, 0) is 26.1 Å². The van der Waals surface area contributed by atoms with Gasteiger partial charge in [0.25, 0.3) is 0 Å². The number of hydrogen-bond donors (Lipinski definition) is 0. The van der Waals surface area contributed by atoms with Gasteiger partial charge in [0.1, 0.15) is 0 Å². The third kappa shape index (κ3) is 4.00. The van der Waals surface area contributed by atoms with E-state index in [1.807, 2.05) is 0 Å². The van der Waals surface area contributed by atoms with E-state index in [0.29, 0.717) is 6.42 Å². The average molecular weight is 159 g/mol. The molecule has 2 nitrogen and oxygen atoms in total. The fourth-order valence-corrected chi connectivity index (χ4v) is 0.249. The van der Waals surface area contributed by atoms with Crippen LogP contribution in [0.25, 0.3) is 0 Å². The van der Waals surface area contributed by atoms with Crippen molar-refractivity contribution in [3.63, 3.8) is 0 Å². The van der Waals surface area contributed by atoms with Crippen molar-refractivity contribution in [2.45, 2.75) is 20.3 Å². The van der Waals surface area contributed by atoms with Gasteiger partial charge in [-0.2, -0.15) is 0 Å². The monoisotopic (exact) mass is 158 g/mol. The van der Waals surface area contributed by atoms with Crippen molar-refractivity contribution in [3.8, 4) is 0 Å². The maximum absolute atomic E-state index is 10.2. The van der Waals surface area contributed by atoms with E-state index < -0.39 is 0 Å². The summed E-state index contributed by atoms with van der Waals surface area (Å²) >= 11 is 0. The van der Waals surface area contributed by atoms with E-state index in [-0.39, 0.29) is 28.1 Å². The Balaban J connectivity index is 0. The number of hydrogen-bond acceptors (Lipinski definition) is 2. The second kappa shape index (κ2) is 4.98. The van der Waals surface area contributed by atoms with Crippen LogP contribution in [0.4, 0.5) is 0 Å². The van der Waals surface area contributed by atoms with Crippen molar-refractivity contribution in [2.24, 2.45) is 0 Å². The molecule has 0 unspecified atom stereocenters. The Kier molecular flexibility index (Phi) is 6.69. The van der Waals surface area contributed by atoms with Gasteiger partial charge in [0.15, 0.2) is 11.6 Å². The predicted molar refractivity (Wildman–Crippen MR) is 26.0 cm³/mol. The van der Waals surface area contributed by atoms with Crippen LogP contribution < -0.4 is 0 Å². The van der Waals surface area contributed by atoms with Crippen LogP contribution in [0.3, 0.4) is 0 Å². The number of Topliss-reactive ketones (excluding diaryl/α,β-unsaturated/α-hetero) is 2. The molecular formula is C5H8NiO2+2. The van der Waals surface area contributed by atoms with E-state index in [2.05, 4.69) is 0 Å². The van der Waals surface area contributed by atoms with Gasteiger partial charge in [-0.1, -0.05) is 6.92 Å². The molecule has 0 fully saturated rings. The minimum Gasteiger partial charge on any atom is -0.291 e. The zero-order valence-corrected chi connectivity index (χ0v) is 5.83. The first kappa shape index (κ1) is 10.7. The van der Waals surface area contributed by atoms with Gasteiger partial charge in [-0.15, -0.1) is 0 Å². The number of carbonyl (C=O) groups is 2. The van der Waals surface area contributed by atoms with E-state index in [1.54, 1.807) is 6.92 Å². The van der Waals surface area contributed by atoms with E-state index >= 15 is 0 Å². The molecule has 0 saturated heterocycles. The minimum atomic E-state index is -0.345. The van der Waals surface area contributed by atoms with Crippen molar-refractivity contribution >= 4 is 11.6 Å². The molecule has 0 amide bonds. The molecule has 0 aromatic rings. The summed E-state index contributed by atoms with van der Waals surface area (Å²) in [5.41, 5.74) is 0. The minimum absolute atomic E-state index is 0. The van der Waals surface area contributed by atoms with Crippen LogP contribution >= 0.6 is 0 Å². The molecule has 48 valence electrons. The third-order valence-corrected chi connectivity index (χ3v) is 0.714. The van der Waals surface area contributed by atoms with E-state index in [0.717, 1.165) is 0 Å². The fraction of sp³-hybridized carbons (Fsp3) is 0.600. The Morgan fingerprint density at radius 2 is 1.75 bits per heavy atom. The van der Waals surface area contributed by atoms with Gasteiger partial charge in [0.05, 0.1) is 0 Å². The van der Waals surface area contributed by atoms with Gasteiger partial charge in [0, 0.05) is 13.3 Å². The van der Waals surface area contributed by atoms with Gasteiger partial charge < -0.3 is 0 Å². The first-order chi connectivity index (χ1) is 3.18. The van der Waals surface area contributed by atoms with Gasteiger partial charge >= 0.3 is 16.5 Å². The van der Waals surface area contributed by atoms with Crippen LogP contribution in [0.5, 0.6) is 0 Å². The van der Waals surface area contributed by atoms with Crippen LogP contribution in [0.1, 0.15) is 20.3 Å². The van der Waals surface area contributed by atoms with Crippen molar-refractivity contribution in [2.75, 3.05) is 0 Å². The van der Waals surface area contributed by atoms with Crippen LogP contribution in [0.15, 0.2) is 0 Å². The van der Waals surface area contributed by atoms with Gasteiger partial charge in [-0.3, -0.25) is 9.59 Å². The zero-order chi connectivity index (χ0) is 5.86. The number of carbonyl (C=O) groups excluding carboxylic acids is 2. The maximum Gasteiger partial charge on any atom is 2.00 e. The zero-order valence-electron chi connectivity index (χ0n) is 4.84. The van der Waals surface area contributed by atoms with Gasteiger partial charge in [-0.05, 0) is 0 Å². The molecule has 0 aliphatic rings. The standard InChI is InChI=1S/C5H8O2.Ni/c1-3-5(7)4(2)6;/h3H2,1-2H3;/q;+2. The molecule has 0 rings (SSSR count). The molecule has 0 radical (unpaired) electrons. The molecular weight excluding hydrogens is 151 g/mol. The van der Waals surface area contributed by atoms with Crippen LogP contribution in [-0.4, -0.2) is 11.6 Å². The van der Waals surface area contributed by atoms with Gasteiger partial charge in [0.2, 0.25) is 0 Å². The summed E-state index contributed by atoms with van der Waals surface area (Å²) in [6.45, 7) is 2.95. The Morgan fingerprint density at radius 1 is 1.38 bits per heavy atom.